The van der Waals surface area contributed by atoms with Crippen LogP contribution >= 0.6 is 0 Å². The van der Waals surface area contributed by atoms with Gasteiger partial charge in [0.1, 0.15) is 17.5 Å². The van der Waals surface area contributed by atoms with E-state index in [0.717, 1.165) is 12.1 Å². The Bertz CT molecular complexity index is 1090. The van der Waals surface area contributed by atoms with Crippen molar-refractivity contribution in [1.29, 1.82) is 0 Å². The predicted octanol–water partition coefficient (Wildman–Crippen LogP) is 3.79. The Balaban J connectivity index is 2.22. The van der Waals surface area contributed by atoms with Gasteiger partial charge in [-0.05, 0) is 54.4 Å². The van der Waals surface area contributed by atoms with E-state index in [1.165, 1.54) is 18.3 Å². The maximum Gasteiger partial charge on any atom is 0.243 e. The number of pyridine rings is 1. The van der Waals surface area contributed by atoms with Gasteiger partial charge in [0.05, 0.1) is 5.69 Å². The minimum atomic E-state index is -4.54. The van der Waals surface area contributed by atoms with Crippen LogP contribution < -0.4 is 5.14 Å². The molecule has 3 rings (SSSR count). The first kappa shape index (κ1) is 18.1. The molecule has 1 heterocycles. The lowest BCUT2D eigenvalue weighted by atomic mass is 9.98. The molecule has 0 unspecified atom stereocenters. The van der Waals surface area contributed by atoms with E-state index >= 15 is 0 Å². The highest BCUT2D eigenvalue weighted by molar-refractivity contribution is 7.89. The highest BCUT2D eigenvalue weighted by Crippen LogP contribution is 2.33. The molecule has 4 nitrogen and oxygen atoms in total. The molecule has 1 aromatic heterocycles. The Morgan fingerprint density at radius 3 is 2.15 bits per heavy atom. The Kier molecular flexibility index (Phi) is 4.55. The second kappa shape index (κ2) is 6.54. The van der Waals surface area contributed by atoms with Crippen LogP contribution in [-0.4, -0.2) is 13.4 Å². The minimum Gasteiger partial charge on any atom is -0.256 e. The van der Waals surface area contributed by atoms with E-state index in [2.05, 4.69) is 4.98 Å². The number of nitrogens with two attached hydrogens (primary N) is 1. The van der Waals surface area contributed by atoms with E-state index in [0.29, 0.717) is 22.4 Å². The van der Waals surface area contributed by atoms with Crippen molar-refractivity contribution in [1.82, 2.24) is 4.98 Å². The fraction of sp³-hybridized carbons (Fsp3) is 0.0556. The molecular formula is C18H13F3N2O2S. The maximum atomic E-state index is 14.2. The summed E-state index contributed by atoms with van der Waals surface area (Å²) in [6, 6.07) is 9.23. The van der Waals surface area contributed by atoms with Gasteiger partial charge >= 0.3 is 0 Å². The van der Waals surface area contributed by atoms with Crippen LogP contribution in [0.25, 0.3) is 22.4 Å². The molecule has 0 bridgehead atoms. The second-order valence-electron chi connectivity index (χ2n) is 5.68. The number of hydrogen-bond donors (Lipinski definition) is 1. The monoisotopic (exact) mass is 378 g/mol. The SMILES string of the molecule is Cc1cc(-c2ncccc2-c2cc(F)c(S(N)(=O)=O)c(F)c2)ccc1F. The molecule has 0 aliphatic rings. The number of primary sulfonamides is 1. The molecule has 0 aliphatic carbocycles. The molecule has 0 amide bonds. The van der Waals surface area contributed by atoms with E-state index in [1.54, 1.807) is 25.1 Å². The first-order chi connectivity index (χ1) is 12.2. The number of nitrogens with zero attached hydrogens (tertiary/aromatic N) is 1. The molecule has 0 saturated carbocycles. The van der Waals surface area contributed by atoms with Gasteiger partial charge in [0.2, 0.25) is 10.0 Å². The van der Waals surface area contributed by atoms with Crippen LogP contribution in [0.3, 0.4) is 0 Å². The second-order valence-corrected chi connectivity index (χ2v) is 7.18. The summed E-state index contributed by atoms with van der Waals surface area (Å²) >= 11 is 0. The normalized spacial score (nSPS) is 11.6. The van der Waals surface area contributed by atoms with Crippen molar-refractivity contribution < 1.29 is 21.6 Å². The lowest BCUT2D eigenvalue weighted by Gasteiger charge is -2.11. The largest absolute Gasteiger partial charge is 0.256 e. The number of aromatic nitrogens is 1. The average molecular weight is 378 g/mol. The molecule has 3 aromatic rings. The number of sulfonamides is 1. The van der Waals surface area contributed by atoms with E-state index < -0.39 is 26.6 Å². The van der Waals surface area contributed by atoms with E-state index in [1.807, 2.05) is 0 Å². The van der Waals surface area contributed by atoms with Crippen LogP contribution in [0.1, 0.15) is 5.56 Å². The van der Waals surface area contributed by atoms with Crippen molar-refractivity contribution in [3.8, 4) is 22.4 Å². The lowest BCUT2D eigenvalue weighted by molar-refractivity contribution is 0.520. The van der Waals surface area contributed by atoms with Gasteiger partial charge in [-0.15, -0.1) is 0 Å². The molecular weight excluding hydrogens is 365 g/mol. The van der Waals surface area contributed by atoms with Crippen LogP contribution in [0.5, 0.6) is 0 Å². The topological polar surface area (TPSA) is 73.0 Å². The van der Waals surface area contributed by atoms with Crippen LogP contribution in [0.2, 0.25) is 0 Å². The molecule has 0 spiro atoms. The molecule has 26 heavy (non-hydrogen) atoms. The molecule has 134 valence electrons. The summed E-state index contributed by atoms with van der Waals surface area (Å²) < 4.78 is 64.5. The number of rotatable bonds is 3. The van der Waals surface area contributed by atoms with Crippen molar-refractivity contribution in [2.75, 3.05) is 0 Å². The predicted molar refractivity (Wildman–Crippen MR) is 91.1 cm³/mol. The van der Waals surface area contributed by atoms with Crippen molar-refractivity contribution in [3.63, 3.8) is 0 Å². The fourth-order valence-corrected chi connectivity index (χ4v) is 3.31. The van der Waals surface area contributed by atoms with Gasteiger partial charge in [0.15, 0.2) is 4.90 Å². The van der Waals surface area contributed by atoms with Crippen LogP contribution in [0.4, 0.5) is 13.2 Å². The zero-order valence-corrected chi connectivity index (χ0v) is 14.3. The third kappa shape index (κ3) is 3.33. The third-order valence-corrected chi connectivity index (χ3v) is 4.79. The van der Waals surface area contributed by atoms with Crippen molar-refractivity contribution >= 4 is 10.0 Å². The van der Waals surface area contributed by atoms with Gasteiger partial charge in [0, 0.05) is 17.3 Å². The maximum absolute atomic E-state index is 14.2. The van der Waals surface area contributed by atoms with E-state index in [9.17, 15) is 21.6 Å². The number of hydrogen-bond acceptors (Lipinski definition) is 3. The van der Waals surface area contributed by atoms with E-state index in [4.69, 9.17) is 5.14 Å². The number of halogens is 3. The van der Waals surface area contributed by atoms with Gasteiger partial charge in [-0.1, -0.05) is 6.07 Å². The average Bonchev–Trinajstić information content (AvgIpc) is 2.55. The Labute approximate surface area is 148 Å². The molecule has 8 heteroatoms. The van der Waals surface area contributed by atoms with Crippen molar-refractivity contribution in [2.24, 2.45) is 5.14 Å². The van der Waals surface area contributed by atoms with E-state index in [-0.39, 0.29) is 11.4 Å². The standard InChI is InChI=1S/C18H13F3N2O2S/c1-10-7-11(4-5-14(10)19)17-13(3-2-6-23-17)12-8-15(20)18(16(21)9-12)26(22,24)25/h2-9H,1H3,(H2,22,24,25). The summed E-state index contributed by atoms with van der Waals surface area (Å²) in [6.07, 6.45) is 1.49. The number of aryl methyl sites for hydroxylation is 1. The molecule has 2 aromatic carbocycles. The Morgan fingerprint density at radius 1 is 0.923 bits per heavy atom. The fourth-order valence-electron chi connectivity index (χ4n) is 2.65. The Hall–Kier alpha value is -2.71. The highest BCUT2D eigenvalue weighted by atomic mass is 32.2. The highest BCUT2D eigenvalue weighted by Gasteiger charge is 2.22. The van der Waals surface area contributed by atoms with Crippen LogP contribution in [0, 0.1) is 24.4 Å². The van der Waals surface area contributed by atoms with Crippen molar-refractivity contribution in [3.05, 3.63) is 71.7 Å². The summed E-state index contributed by atoms with van der Waals surface area (Å²) in [5.41, 5.74) is 1.75. The van der Waals surface area contributed by atoms with Gasteiger partial charge in [-0.2, -0.15) is 0 Å². The number of benzene rings is 2. The summed E-state index contributed by atoms with van der Waals surface area (Å²) in [5.74, 6) is -2.99. The lowest BCUT2D eigenvalue weighted by Crippen LogP contribution is -2.16. The molecule has 0 saturated heterocycles. The molecule has 0 radical (unpaired) electrons. The molecule has 2 N–H and O–H groups in total. The van der Waals surface area contributed by atoms with Gasteiger partial charge in [0.25, 0.3) is 0 Å². The van der Waals surface area contributed by atoms with Gasteiger partial charge in [-0.25, -0.2) is 26.7 Å². The minimum absolute atomic E-state index is 0.0810. The zero-order chi connectivity index (χ0) is 19.1. The first-order valence-corrected chi connectivity index (χ1v) is 8.97. The quantitative estimate of drug-likeness (QED) is 0.754. The van der Waals surface area contributed by atoms with Crippen LogP contribution in [-0.2, 0) is 10.0 Å². The summed E-state index contributed by atoms with van der Waals surface area (Å²) in [4.78, 5) is 3.03. The summed E-state index contributed by atoms with van der Waals surface area (Å²) in [5, 5.41) is 4.84. The first-order valence-electron chi connectivity index (χ1n) is 7.42. The van der Waals surface area contributed by atoms with Crippen molar-refractivity contribution in [2.45, 2.75) is 11.8 Å². The summed E-state index contributed by atoms with van der Waals surface area (Å²) in [6.45, 7) is 1.59. The molecule has 0 fully saturated rings. The molecule has 0 aliphatic heterocycles. The molecule has 0 atom stereocenters. The summed E-state index contributed by atoms with van der Waals surface area (Å²) in [7, 11) is -4.54. The zero-order valence-electron chi connectivity index (χ0n) is 13.5. The van der Waals surface area contributed by atoms with Gasteiger partial charge in [-0.3, -0.25) is 4.98 Å². The van der Waals surface area contributed by atoms with Crippen LogP contribution in [0.15, 0.2) is 53.6 Å². The Morgan fingerprint density at radius 2 is 1.58 bits per heavy atom. The third-order valence-electron chi connectivity index (χ3n) is 3.83. The van der Waals surface area contributed by atoms with Gasteiger partial charge < -0.3 is 0 Å². The smallest absolute Gasteiger partial charge is 0.243 e.